The molecule has 7 aromatic carbocycles. The molecule has 0 nitrogen and oxygen atoms in total. The molecule has 5 heteroatoms. The first kappa shape index (κ1) is 26.3. The van der Waals surface area contributed by atoms with Crippen molar-refractivity contribution in [1.82, 2.24) is 0 Å². The summed E-state index contributed by atoms with van der Waals surface area (Å²) in [5.41, 5.74) is 8.38. The van der Waals surface area contributed by atoms with Crippen molar-refractivity contribution in [1.29, 1.82) is 0 Å². The van der Waals surface area contributed by atoms with E-state index in [2.05, 4.69) is 18.2 Å². The van der Waals surface area contributed by atoms with Crippen molar-refractivity contribution in [3.05, 3.63) is 145 Å². The summed E-state index contributed by atoms with van der Waals surface area (Å²) in [6.45, 7) is 0. The standard InChI is InChI=1S/C39H21F5/c40-26-16-10-23(11-17-26)34-30-4-1-2-5-31(30)35(24-12-18-27(41)19-13-24)38-33-21-20-28(22-8-14-25(15-9-22)39(42,43)44)29-6-3-7-32(36(29)33)37(34)38/h1-21H. The lowest BCUT2D eigenvalue weighted by atomic mass is 9.82. The molecule has 0 aromatic heterocycles. The zero-order chi connectivity index (χ0) is 30.2. The van der Waals surface area contributed by atoms with Crippen LogP contribution < -0.4 is 0 Å². The topological polar surface area (TPSA) is 0 Å². The minimum Gasteiger partial charge on any atom is -0.207 e. The van der Waals surface area contributed by atoms with Crippen LogP contribution in [0.25, 0.3) is 77.2 Å². The van der Waals surface area contributed by atoms with E-state index in [1.165, 1.54) is 36.4 Å². The first-order valence-corrected chi connectivity index (χ1v) is 14.1. The Bertz CT molecular complexity index is 2140. The van der Waals surface area contributed by atoms with E-state index < -0.39 is 11.7 Å². The van der Waals surface area contributed by atoms with Crippen molar-refractivity contribution in [2.75, 3.05) is 0 Å². The van der Waals surface area contributed by atoms with Crippen LogP contribution in [0, 0.1) is 11.6 Å². The molecule has 1 aliphatic carbocycles. The monoisotopic (exact) mass is 584 g/mol. The molecule has 7 aromatic rings. The van der Waals surface area contributed by atoms with Crippen molar-refractivity contribution in [2.45, 2.75) is 6.18 Å². The van der Waals surface area contributed by atoms with Gasteiger partial charge in [0.25, 0.3) is 0 Å². The highest BCUT2D eigenvalue weighted by Gasteiger charge is 2.32. The molecule has 0 bridgehead atoms. The number of hydrogen-bond acceptors (Lipinski definition) is 0. The molecule has 0 radical (unpaired) electrons. The Labute approximate surface area is 249 Å². The summed E-state index contributed by atoms with van der Waals surface area (Å²) >= 11 is 0. The lowest BCUT2D eigenvalue weighted by molar-refractivity contribution is -0.137. The minimum atomic E-state index is -4.42. The summed E-state index contributed by atoms with van der Waals surface area (Å²) in [5, 5.41) is 3.85. The summed E-state index contributed by atoms with van der Waals surface area (Å²) in [6, 6.07) is 36.3. The van der Waals surface area contributed by atoms with Gasteiger partial charge in [-0.05, 0) is 114 Å². The Hall–Kier alpha value is -5.29. The van der Waals surface area contributed by atoms with E-state index in [0.717, 1.165) is 83.7 Å². The van der Waals surface area contributed by atoms with E-state index in [1.54, 1.807) is 24.3 Å². The molecule has 0 unspecified atom stereocenters. The SMILES string of the molecule is Fc1ccc(-c2c3c(c(-c4ccc(F)cc4)c4ccccc24)-c2ccc(-c4ccc(C(F)(F)F)cc4)c4cccc-3c24)cc1. The smallest absolute Gasteiger partial charge is 0.207 e. The van der Waals surface area contributed by atoms with Gasteiger partial charge in [-0.25, -0.2) is 8.78 Å². The molecule has 212 valence electrons. The summed E-state index contributed by atoms with van der Waals surface area (Å²) in [5.74, 6) is -0.659. The first-order valence-electron chi connectivity index (χ1n) is 14.1. The van der Waals surface area contributed by atoms with Gasteiger partial charge in [0.05, 0.1) is 5.56 Å². The van der Waals surface area contributed by atoms with Gasteiger partial charge in [0.15, 0.2) is 0 Å². The van der Waals surface area contributed by atoms with Gasteiger partial charge in [0.2, 0.25) is 0 Å². The number of alkyl halides is 3. The van der Waals surface area contributed by atoms with Crippen LogP contribution in [0.5, 0.6) is 0 Å². The molecule has 44 heavy (non-hydrogen) atoms. The number of fused-ring (bicyclic) bond motifs is 4. The third-order valence-corrected chi connectivity index (χ3v) is 8.58. The maximum atomic E-state index is 14.1. The van der Waals surface area contributed by atoms with Gasteiger partial charge < -0.3 is 0 Å². The molecule has 8 rings (SSSR count). The van der Waals surface area contributed by atoms with Crippen molar-refractivity contribution >= 4 is 21.5 Å². The van der Waals surface area contributed by atoms with Gasteiger partial charge in [0, 0.05) is 0 Å². The van der Waals surface area contributed by atoms with Crippen LogP contribution in [0.4, 0.5) is 22.0 Å². The second-order valence-corrected chi connectivity index (χ2v) is 11.0. The Morgan fingerprint density at radius 1 is 0.364 bits per heavy atom. The lowest BCUT2D eigenvalue weighted by Gasteiger charge is -2.20. The zero-order valence-corrected chi connectivity index (χ0v) is 23.0. The van der Waals surface area contributed by atoms with Gasteiger partial charge in [-0.15, -0.1) is 0 Å². The lowest BCUT2D eigenvalue weighted by Crippen LogP contribution is -2.04. The summed E-state index contributed by atoms with van der Waals surface area (Å²) < 4.78 is 68.2. The van der Waals surface area contributed by atoms with Gasteiger partial charge in [-0.2, -0.15) is 13.2 Å². The molecule has 0 aliphatic heterocycles. The summed E-state index contributed by atoms with van der Waals surface area (Å²) in [4.78, 5) is 0. The molecule has 0 saturated carbocycles. The number of halogens is 5. The fourth-order valence-electron chi connectivity index (χ4n) is 6.72. The van der Waals surface area contributed by atoms with E-state index in [1.807, 2.05) is 36.4 Å². The molecule has 0 spiro atoms. The van der Waals surface area contributed by atoms with E-state index in [9.17, 15) is 22.0 Å². The Morgan fingerprint density at radius 2 is 0.818 bits per heavy atom. The molecule has 0 saturated heterocycles. The summed E-state index contributed by atoms with van der Waals surface area (Å²) in [7, 11) is 0. The average Bonchev–Trinajstić information content (AvgIpc) is 3.36. The van der Waals surface area contributed by atoms with Crippen LogP contribution in [0.3, 0.4) is 0 Å². The van der Waals surface area contributed by atoms with Gasteiger partial charge >= 0.3 is 6.18 Å². The predicted octanol–water partition coefficient (Wildman–Crippen LogP) is 11.9. The van der Waals surface area contributed by atoms with Crippen molar-refractivity contribution in [3.63, 3.8) is 0 Å². The molecule has 0 heterocycles. The van der Waals surface area contributed by atoms with Crippen molar-refractivity contribution < 1.29 is 22.0 Å². The predicted molar refractivity (Wildman–Crippen MR) is 167 cm³/mol. The van der Waals surface area contributed by atoms with E-state index in [0.29, 0.717) is 5.56 Å². The minimum absolute atomic E-state index is 0.329. The van der Waals surface area contributed by atoms with Crippen LogP contribution >= 0.6 is 0 Å². The van der Waals surface area contributed by atoms with Crippen molar-refractivity contribution in [2.24, 2.45) is 0 Å². The Kier molecular flexibility index (Phi) is 5.76. The van der Waals surface area contributed by atoms with E-state index in [4.69, 9.17) is 0 Å². The quantitative estimate of drug-likeness (QED) is 0.181. The van der Waals surface area contributed by atoms with E-state index >= 15 is 0 Å². The Balaban J connectivity index is 1.49. The molecule has 0 N–H and O–H groups in total. The van der Waals surface area contributed by atoms with Crippen LogP contribution in [0.1, 0.15) is 5.56 Å². The van der Waals surface area contributed by atoms with Gasteiger partial charge in [0.1, 0.15) is 11.6 Å². The third-order valence-electron chi connectivity index (χ3n) is 8.58. The summed E-state index contributed by atoms with van der Waals surface area (Å²) in [6.07, 6.45) is -4.42. The normalized spacial score (nSPS) is 12.2. The highest BCUT2D eigenvalue weighted by molar-refractivity contribution is 6.28. The fraction of sp³-hybridized carbons (Fsp3) is 0.0256. The highest BCUT2D eigenvalue weighted by Crippen LogP contribution is 2.58. The second kappa shape index (κ2) is 9.61. The molecule has 1 aliphatic rings. The van der Waals surface area contributed by atoms with Crippen LogP contribution in [-0.2, 0) is 6.18 Å². The number of hydrogen-bond donors (Lipinski definition) is 0. The molecule has 0 amide bonds. The van der Waals surface area contributed by atoms with Gasteiger partial charge in [-0.3, -0.25) is 0 Å². The number of benzene rings is 7. The van der Waals surface area contributed by atoms with Crippen LogP contribution in [0.15, 0.2) is 127 Å². The van der Waals surface area contributed by atoms with Crippen LogP contribution in [-0.4, -0.2) is 0 Å². The second-order valence-electron chi connectivity index (χ2n) is 11.0. The molecular weight excluding hydrogens is 563 g/mol. The van der Waals surface area contributed by atoms with Crippen molar-refractivity contribution in [3.8, 4) is 55.6 Å². The molecule has 0 atom stereocenters. The first-order chi connectivity index (χ1) is 21.3. The van der Waals surface area contributed by atoms with Crippen LogP contribution in [0.2, 0.25) is 0 Å². The Morgan fingerprint density at radius 3 is 1.34 bits per heavy atom. The van der Waals surface area contributed by atoms with Gasteiger partial charge in [-0.1, -0.05) is 91.0 Å². The molecular formula is C39H21F5. The fourth-order valence-corrected chi connectivity index (χ4v) is 6.72. The third kappa shape index (κ3) is 3.96. The maximum Gasteiger partial charge on any atom is 0.416 e. The average molecular weight is 585 g/mol. The zero-order valence-electron chi connectivity index (χ0n) is 23.0. The largest absolute Gasteiger partial charge is 0.416 e. The maximum absolute atomic E-state index is 14.1. The van der Waals surface area contributed by atoms with E-state index in [-0.39, 0.29) is 11.6 Å². The number of rotatable bonds is 3. The highest BCUT2D eigenvalue weighted by atomic mass is 19.4. The molecule has 0 fully saturated rings.